The lowest BCUT2D eigenvalue weighted by Crippen LogP contribution is -2.38. The van der Waals surface area contributed by atoms with Gasteiger partial charge < -0.3 is 9.80 Å². The average Bonchev–Trinajstić information content (AvgIpc) is 3.20. The topological polar surface area (TPSA) is 102 Å². The summed E-state index contributed by atoms with van der Waals surface area (Å²) in [6.45, 7) is 3.84. The number of rotatable bonds is 6. The number of H-pyrrole nitrogens is 2. The molecule has 2 N–H and O–H groups in total. The molecule has 0 spiro atoms. The molecule has 0 radical (unpaired) electrons. The van der Waals surface area contributed by atoms with Crippen LogP contribution in [0.5, 0.6) is 0 Å². The quantitative estimate of drug-likeness (QED) is 0.623. The zero-order chi connectivity index (χ0) is 22.5. The summed E-state index contributed by atoms with van der Waals surface area (Å²) in [4.78, 5) is 43.5. The molecule has 166 valence electrons. The summed E-state index contributed by atoms with van der Waals surface area (Å²) >= 11 is 0. The van der Waals surface area contributed by atoms with Crippen LogP contribution in [0.1, 0.15) is 29.5 Å². The van der Waals surface area contributed by atoms with Crippen LogP contribution < -0.4 is 5.69 Å². The largest absolute Gasteiger partial charge is 0.341 e. The first-order valence-corrected chi connectivity index (χ1v) is 10.9. The minimum Gasteiger partial charge on any atom is -0.341 e. The highest BCUT2D eigenvalue weighted by Crippen LogP contribution is 2.23. The first-order chi connectivity index (χ1) is 15.5. The molecule has 1 saturated heterocycles. The minimum atomic E-state index is -0.527. The van der Waals surface area contributed by atoms with Gasteiger partial charge >= 0.3 is 5.69 Å². The lowest BCUT2D eigenvalue weighted by molar-refractivity contribution is -0.134. The molecule has 3 aromatic rings. The molecular formula is C24H27N5O3. The average molecular weight is 434 g/mol. The van der Waals surface area contributed by atoms with Crippen molar-refractivity contribution >= 4 is 11.8 Å². The smallest absolute Gasteiger partial charge is 0.341 e. The van der Waals surface area contributed by atoms with E-state index < -0.39 is 5.69 Å². The van der Waals surface area contributed by atoms with Crippen molar-refractivity contribution in [3.05, 3.63) is 76.5 Å². The predicted molar refractivity (Wildman–Crippen MR) is 121 cm³/mol. The van der Waals surface area contributed by atoms with Gasteiger partial charge in [-0.15, -0.1) is 5.10 Å². The fourth-order valence-corrected chi connectivity index (χ4v) is 4.19. The van der Waals surface area contributed by atoms with E-state index in [4.69, 9.17) is 0 Å². The molecule has 8 nitrogen and oxygen atoms in total. The van der Waals surface area contributed by atoms with Crippen LogP contribution >= 0.6 is 0 Å². The number of aromatic amines is 2. The zero-order valence-corrected chi connectivity index (χ0v) is 18.1. The van der Waals surface area contributed by atoms with Gasteiger partial charge in [0.25, 0.3) is 5.91 Å². The Morgan fingerprint density at radius 1 is 1.06 bits per heavy atom. The Bertz CT molecular complexity index is 1140. The fraction of sp³-hybridized carbons (Fsp3) is 0.333. The summed E-state index contributed by atoms with van der Waals surface area (Å²) in [6.07, 6.45) is 1.38. The van der Waals surface area contributed by atoms with E-state index in [0.29, 0.717) is 26.1 Å². The molecule has 8 heteroatoms. The van der Waals surface area contributed by atoms with Gasteiger partial charge in [-0.1, -0.05) is 61.5 Å². The molecule has 1 aliphatic heterocycles. The first-order valence-electron chi connectivity index (χ1n) is 10.9. The molecule has 0 saturated carbocycles. The van der Waals surface area contributed by atoms with Crippen LogP contribution in [-0.2, 0) is 11.2 Å². The molecule has 1 fully saturated rings. The Balaban J connectivity index is 1.58. The number of hydrogen-bond acceptors (Lipinski definition) is 4. The van der Waals surface area contributed by atoms with Crippen LogP contribution in [0.3, 0.4) is 0 Å². The van der Waals surface area contributed by atoms with Crippen LogP contribution in [0.2, 0.25) is 0 Å². The van der Waals surface area contributed by atoms with E-state index >= 15 is 0 Å². The van der Waals surface area contributed by atoms with Crippen molar-refractivity contribution in [1.29, 1.82) is 0 Å². The van der Waals surface area contributed by atoms with Gasteiger partial charge in [0.2, 0.25) is 11.7 Å². The molecule has 2 aromatic carbocycles. The maximum absolute atomic E-state index is 13.3. The highest BCUT2D eigenvalue weighted by atomic mass is 16.2. The summed E-state index contributed by atoms with van der Waals surface area (Å²) in [6, 6.07) is 18.3. The van der Waals surface area contributed by atoms with Gasteiger partial charge in [-0.3, -0.25) is 14.6 Å². The Kier molecular flexibility index (Phi) is 6.49. The highest BCUT2D eigenvalue weighted by molar-refractivity contribution is 5.91. The van der Waals surface area contributed by atoms with Crippen LogP contribution in [0.4, 0.5) is 0 Å². The van der Waals surface area contributed by atoms with Gasteiger partial charge in [0, 0.05) is 26.2 Å². The molecule has 0 unspecified atom stereocenters. The molecule has 2 heterocycles. The third kappa shape index (κ3) is 4.80. The summed E-state index contributed by atoms with van der Waals surface area (Å²) in [7, 11) is 0. The molecule has 2 amide bonds. The molecule has 32 heavy (non-hydrogen) atoms. The van der Waals surface area contributed by atoms with Gasteiger partial charge in [0.1, 0.15) is 0 Å². The van der Waals surface area contributed by atoms with Crippen molar-refractivity contribution in [1.82, 2.24) is 25.0 Å². The van der Waals surface area contributed by atoms with Gasteiger partial charge in [0.05, 0.1) is 5.92 Å². The van der Waals surface area contributed by atoms with E-state index in [1.807, 2.05) is 42.2 Å². The lowest BCUT2D eigenvalue weighted by Gasteiger charge is -2.23. The van der Waals surface area contributed by atoms with E-state index in [0.717, 1.165) is 23.1 Å². The Hall–Kier alpha value is -3.68. The lowest BCUT2D eigenvalue weighted by atomic mass is 9.94. The van der Waals surface area contributed by atoms with Gasteiger partial charge in [-0.2, -0.15) is 0 Å². The number of carbonyl (C=O) groups is 2. The molecular weight excluding hydrogens is 406 g/mol. The maximum Gasteiger partial charge on any atom is 0.341 e. The molecule has 1 aromatic heterocycles. The van der Waals surface area contributed by atoms with Crippen LogP contribution in [0.25, 0.3) is 11.1 Å². The predicted octanol–water partition coefficient (Wildman–Crippen LogP) is 2.32. The van der Waals surface area contributed by atoms with Crippen LogP contribution in [0.15, 0.2) is 59.4 Å². The highest BCUT2D eigenvalue weighted by Gasteiger charge is 2.33. The standard InChI is InChI=1S/C24H27N5O3/c1-2-11-28-12-13-29(23(31)21-25-24(32)27-26-21)16-20(22(28)30)15-17-7-6-10-19(14-17)18-8-4-3-5-9-18/h3-10,14,20H,2,11-13,15-16H2,1H3,(H2,25,26,27,32)/t20-/m1/s1. The molecule has 4 rings (SSSR count). The third-order valence-corrected chi connectivity index (χ3v) is 5.74. The van der Waals surface area contributed by atoms with Gasteiger partial charge in [-0.25, -0.2) is 9.89 Å². The number of aromatic nitrogens is 3. The van der Waals surface area contributed by atoms with Crippen molar-refractivity contribution in [2.24, 2.45) is 5.92 Å². The number of nitrogens with zero attached hydrogens (tertiary/aromatic N) is 3. The van der Waals surface area contributed by atoms with E-state index in [-0.39, 0.29) is 30.1 Å². The number of amides is 2. The number of hydrogen-bond donors (Lipinski definition) is 2. The summed E-state index contributed by atoms with van der Waals surface area (Å²) in [5.41, 5.74) is 2.73. The monoisotopic (exact) mass is 433 g/mol. The Labute approximate surface area is 186 Å². The van der Waals surface area contributed by atoms with Crippen LogP contribution in [-0.4, -0.2) is 63.0 Å². The molecule has 1 aliphatic rings. The van der Waals surface area contributed by atoms with Crippen molar-refractivity contribution in [2.45, 2.75) is 19.8 Å². The zero-order valence-electron chi connectivity index (χ0n) is 18.1. The van der Waals surface area contributed by atoms with Crippen molar-refractivity contribution < 1.29 is 9.59 Å². The second-order valence-electron chi connectivity index (χ2n) is 8.07. The third-order valence-electron chi connectivity index (χ3n) is 5.74. The Morgan fingerprint density at radius 2 is 1.84 bits per heavy atom. The number of carbonyl (C=O) groups excluding carboxylic acids is 2. The molecule has 0 aliphatic carbocycles. The SMILES string of the molecule is CCCN1CCN(C(=O)c2n[nH]c(=O)[nH]2)C[C@@H](Cc2cccc(-c3ccccc3)c2)C1=O. The second kappa shape index (κ2) is 9.64. The van der Waals surface area contributed by atoms with Gasteiger partial charge in [0.15, 0.2) is 0 Å². The summed E-state index contributed by atoms with van der Waals surface area (Å²) < 4.78 is 0. The second-order valence-corrected chi connectivity index (χ2v) is 8.07. The van der Waals surface area contributed by atoms with E-state index in [9.17, 15) is 14.4 Å². The first kappa shape index (κ1) is 21.5. The van der Waals surface area contributed by atoms with Crippen molar-refractivity contribution in [3.63, 3.8) is 0 Å². The minimum absolute atomic E-state index is 0.0313. The van der Waals surface area contributed by atoms with E-state index in [1.165, 1.54) is 0 Å². The Morgan fingerprint density at radius 3 is 2.56 bits per heavy atom. The normalized spacial score (nSPS) is 16.8. The maximum atomic E-state index is 13.3. The summed E-state index contributed by atoms with van der Waals surface area (Å²) in [5.74, 6) is -0.721. The number of nitrogens with one attached hydrogen (secondary N) is 2. The van der Waals surface area contributed by atoms with Crippen molar-refractivity contribution in [2.75, 3.05) is 26.2 Å². The van der Waals surface area contributed by atoms with Gasteiger partial charge in [-0.05, 0) is 29.5 Å². The van der Waals surface area contributed by atoms with E-state index in [1.54, 1.807) is 4.90 Å². The fourth-order valence-electron chi connectivity index (χ4n) is 4.19. The number of benzene rings is 2. The van der Waals surface area contributed by atoms with Crippen LogP contribution in [0, 0.1) is 5.92 Å². The molecule has 1 atom stereocenters. The van der Waals surface area contributed by atoms with Crippen molar-refractivity contribution in [3.8, 4) is 11.1 Å². The summed E-state index contributed by atoms with van der Waals surface area (Å²) in [5, 5.41) is 6.00. The van der Waals surface area contributed by atoms with E-state index in [2.05, 4.69) is 39.4 Å². The molecule has 0 bridgehead atoms.